The molecule has 2 aromatic rings. The van der Waals surface area contributed by atoms with Gasteiger partial charge in [0.15, 0.2) is 0 Å². The van der Waals surface area contributed by atoms with Crippen LogP contribution < -0.4 is 10.6 Å². The fraction of sp³-hybridized carbons (Fsp3) is 0.154. The SMILES string of the molecule is CCNc1ccnc(C(=O)Nc2ccc(Cl)cn2)c1. The van der Waals surface area contributed by atoms with E-state index in [1.165, 1.54) is 6.20 Å². The monoisotopic (exact) mass is 276 g/mol. The predicted molar refractivity (Wildman–Crippen MR) is 75.6 cm³/mol. The first-order valence-electron chi connectivity index (χ1n) is 5.82. The van der Waals surface area contributed by atoms with Gasteiger partial charge in [-0.1, -0.05) is 11.6 Å². The van der Waals surface area contributed by atoms with Gasteiger partial charge in [-0.25, -0.2) is 4.98 Å². The van der Waals surface area contributed by atoms with E-state index in [0.717, 1.165) is 12.2 Å². The van der Waals surface area contributed by atoms with Crippen molar-refractivity contribution >= 4 is 29.0 Å². The lowest BCUT2D eigenvalue weighted by atomic mass is 10.3. The van der Waals surface area contributed by atoms with Crippen molar-refractivity contribution in [3.63, 3.8) is 0 Å². The van der Waals surface area contributed by atoms with Crippen LogP contribution in [0, 0.1) is 0 Å². The summed E-state index contributed by atoms with van der Waals surface area (Å²) in [5.74, 6) is 0.125. The highest BCUT2D eigenvalue weighted by Crippen LogP contribution is 2.12. The van der Waals surface area contributed by atoms with Crippen LogP contribution in [0.1, 0.15) is 17.4 Å². The maximum Gasteiger partial charge on any atom is 0.275 e. The molecule has 2 N–H and O–H groups in total. The highest BCUT2D eigenvalue weighted by atomic mass is 35.5. The fourth-order valence-electron chi connectivity index (χ4n) is 1.50. The van der Waals surface area contributed by atoms with Crippen LogP contribution in [-0.4, -0.2) is 22.4 Å². The van der Waals surface area contributed by atoms with Gasteiger partial charge in [0.1, 0.15) is 11.5 Å². The molecular weight excluding hydrogens is 264 g/mol. The second-order valence-electron chi connectivity index (χ2n) is 3.78. The summed E-state index contributed by atoms with van der Waals surface area (Å²) in [5, 5.41) is 6.30. The van der Waals surface area contributed by atoms with E-state index < -0.39 is 0 Å². The smallest absolute Gasteiger partial charge is 0.275 e. The molecule has 0 aliphatic rings. The molecule has 0 saturated carbocycles. The molecule has 1 amide bonds. The van der Waals surface area contributed by atoms with Crippen molar-refractivity contribution < 1.29 is 4.79 Å². The predicted octanol–water partition coefficient (Wildman–Crippen LogP) is 2.81. The van der Waals surface area contributed by atoms with Crippen molar-refractivity contribution in [2.45, 2.75) is 6.92 Å². The van der Waals surface area contributed by atoms with Gasteiger partial charge in [0.2, 0.25) is 0 Å². The second kappa shape index (κ2) is 6.15. The number of amides is 1. The number of nitrogens with one attached hydrogen (secondary N) is 2. The number of rotatable bonds is 4. The molecule has 2 aromatic heterocycles. The third-order valence-electron chi connectivity index (χ3n) is 2.34. The maximum atomic E-state index is 12.0. The molecule has 0 atom stereocenters. The largest absolute Gasteiger partial charge is 0.385 e. The van der Waals surface area contributed by atoms with Gasteiger partial charge in [-0.05, 0) is 31.2 Å². The normalized spacial score (nSPS) is 10.0. The minimum Gasteiger partial charge on any atom is -0.385 e. The summed E-state index contributed by atoms with van der Waals surface area (Å²) in [6.07, 6.45) is 3.06. The first-order valence-corrected chi connectivity index (χ1v) is 6.19. The Morgan fingerprint density at radius 3 is 2.84 bits per heavy atom. The van der Waals surface area contributed by atoms with Crippen LogP contribution in [0.2, 0.25) is 5.02 Å². The Morgan fingerprint density at radius 1 is 1.32 bits per heavy atom. The molecule has 19 heavy (non-hydrogen) atoms. The number of hydrogen-bond acceptors (Lipinski definition) is 4. The Balaban J connectivity index is 2.11. The average Bonchev–Trinajstić information content (AvgIpc) is 2.42. The van der Waals surface area contributed by atoms with E-state index in [1.807, 2.05) is 6.92 Å². The molecule has 0 fully saturated rings. The van der Waals surface area contributed by atoms with Gasteiger partial charge in [0.25, 0.3) is 5.91 Å². The topological polar surface area (TPSA) is 66.9 Å². The molecule has 2 heterocycles. The minimum absolute atomic E-state index is 0.311. The summed E-state index contributed by atoms with van der Waals surface area (Å²) in [4.78, 5) is 20.0. The number of pyridine rings is 2. The number of aromatic nitrogens is 2. The average molecular weight is 277 g/mol. The molecule has 0 unspecified atom stereocenters. The van der Waals surface area contributed by atoms with Crippen molar-refractivity contribution in [3.8, 4) is 0 Å². The number of hydrogen-bond donors (Lipinski definition) is 2. The van der Waals surface area contributed by atoms with Crippen molar-refractivity contribution in [3.05, 3.63) is 47.4 Å². The fourth-order valence-corrected chi connectivity index (χ4v) is 1.61. The molecule has 5 nitrogen and oxygen atoms in total. The van der Waals surface area contributed by atoms with Gasteiger partial charge < -0.3 is 10.6 Å². The van der Waals surface area contributed by atoms with Crippen LogP contribution in [0.3, 0.4) is 0 Å². The zero-order chi connectivity index (χ0) is 13.7. The second-order valence-corrected chi connectivity index (χ2v) is 4.21. The lowest BCUT2D eigenvalue weighted by molar-refractivity contribution is 0.102. The molecule has 0 spiro atoms. The first kappa shape index (κ1) is 13.3. The van der Waals surface area contributed by atoms with Gasteiger partial charge in [-0.3, -0.25) is 9.78 Å². The summed E-state index contributed by atoms with van der Waals surface area (Å²) in [7, 11) is 0. The van der Waals surface area contributed by atoms with E-state index in [4.69, 9.17) is 11.6 Å². The van der Waals surface area contributed by atoms with Crippen molar-refractivity contribution in [2.75, 3.05) is 17.2 Å². The van der Waals surface area contributed by atoms with Gasteiger partial charge >= 0.3 is 0 Å². The molecule has 0 aromatic carbocycles. The zero-order valence-corrected chi connectivity index (χ0v) is 11.1. The van der Waals surface area contributed by atoms with Gasteiger partial charge in [-0.15, -0.1) is 0 Å². The van der Waals surface area contributed by atoms with Crippen LogP contribution in [-0.2, 0) is 0 Å². The lowest BCUT2D eigenvalue weighted by Gasteiger charge is -2.06. The van der Waals surface area contributed by atoms with Crippen molar-refractivity contribution in [1.82, 2.24) is 9.97 Å². The molecule has 2 rings (SSSR count). The number of carbonyl (C=O) groups is 1. The number of anilines is 2. The zero-order valence-electron chi connectivity index (χ0n) is 10.4. The molecule has 0 aliphatic carbocycles. The Kier molecular flexibility index (Phi) is 4.30. The van der Waals surface area contributed by atoms with Crippen LogP contribution in [0.5, 0.6) is 0 Å². The van der Waals surface area contributed by atoms with E-state index in [1.54, 1.807) is 30.5 Å². The van der Waals surface area contributed by atoms with Crippen LogP contribution in [0.25, 0.3) is 0 Å². The highest BCUT2D eigenvalue weighted by Gasteiger charge is 2.08. The molecule has 0 radical (unpaired) electrons. The highest BCUT2D eigenvalue weighted by molar-refractivity contribution is 6.30. The van der Waals surface area contributed by atoms with Crippen LogP contribution in [0.15, 0.2) is 36.7 Å². The lowest BCUT2D eigenvalue weighted by Crippen LogP contribution is -2.14. The Labute approximate surface area is 116 Å². The molecule has 98 valence electrons. The minimum atomic E-state index is -0.311. The van der Waals surface area contributed by atoms with Gasteiger partial charge in [0.05, 0.1) is 5.02 Å². The Hall–Kier alpha value is -2.14. The molecular formula is C13H13ClN4O. The number of carbonyl (C=O) groups excluding carboxylic acids is 1. The van der Waals surface area contributed by atoms with E-state index in [9.17, 15) is 4.79 Å². The molecule has 0 saturated heterocycles. The van der Waals surface area contributed by atoms with E-state index in [-0.39, 0.29) is 5.91 Å². The summed E-state index contributed by atoms with van der Waals surface area (Å²) in [6.45, 7) is 2.77. The van der Waals surface area contributed by atoms with E-state index in [0.29, 0.717) is 16.5 Å². The third kappa shape index (κ3) is 3.66. The summed E-state index contributed by atoms with van der Waals surface area (Å²) < 4.78 is 0. The Morgan fingerprint density at radius 2 is 2.16 bits per heavy atom. The number of halogens is 1. The third-order valence-corrected chi connectivity index (χ3v) is 2.57. The molecule has 0 bridgehead atoms. The van der Waals surface area contributed by atoms with Crippen molar-refractivity contribution in [2.24, 2.45) is 0 Å². The van der Waals surface area contributed by atoms with E-state index >= 15 is 0 Å². The standard InChI is InChI=1S/C13H13ClN4O/c1-2-15-10-5-6-16-11(7-10)13(19)18-12-4-3-9(14)8-17-12/h3-8H,2H2,1H3,(H,15,16)(H,17,18,19). The molecule has 6 heteroatoms. The molecule has 0 aliphatic heterocycles. The Bertz CT molecular complexity index is 571. The van der Waals surface area contributed by atoms with Crippen molar-refractivity contribution in [1.29, 1.82) is 0 Å². The van der Waals surface area contributed by atoms with E-state index in [2.05, 4.69) is 20.6 Å². The maximum absolute atomic E-state index is 12.0. The van der Waals surface area contributed by atoms with Crippen LogP contribution in [0.4, 0.5) is 11.5 Å². The van der Waals surface area contributed by atoms with Gasteiger partial charge in [0, 0.05) is 24.6 Å². The summed E-state index contributed by atoms with van der Waals surface area (Å²) in [6, 6.07) is 6.79. The quantitative estimate of drug-likeness (QED) is 0.901. The first-order chi connectivity index (χ1) is 9.19. The summed E-state index contributed by atoms with van der Waals surface area (Å²) in [5.41, 5.74) is 1.18. The van der Waals surface area contributed by atoms with Gasteiger partial charge in [-0.2, -0.15) is 0 Å². The summed E-state index contributed by atoms with van der Waals surface area (Å²) >= 11 is 5.72. The van der Waals surface area contributed by atoms with Crippen LogP contribution >= 0.6 is 11.6 Å². The number of nitrogens with zero attached hydrogens (tertiary/aromatic N) is 2.